The average molecular weight is 743 g/mol. The third-order valence-electron chi connectivity index (χ3n) is 10.2. The molecular weight excluding hydrogens is 684 g/mol. The lowest BCUT2D eigenvalue weighted by Crippen LogP contribution is -2.57. The molecule has 12 nitrogen and oxygen atoms in total. The van der Waals surface area contributed by atoms with Gasteiger partial charge in [0, 0.05) is 18.3 Å². The summed E-state index contributed by atoms with van der Waals surface area (Å²) < 4.78 is 4.81. The molecule has 5 N–H and O–H groups in total. The van der Waals surface area contributed by atoms with Crippen molar-refractivity contribution in [2.75, 3.05) is 13.7 Å². The second kappa shape index (κ2) is 19.4. The second-order valence-corrected chi connectivity index (χ2v) is 15.5. The van der Waals surface area contributed by atoms with Gasteiger partial charge in [-0.3, -0.25) is 14.6 Å². The summed E-state index contributed by atoms with van der Waals surface area (Å²) in [4.78, 5) is 60.1. The number of pyridine rings is 1. The molecule has 12 heteroatoms. The number of aromatic nitrogens is 1. The number of alkyl carbamates (subject to hydrolysis) is 1. The van der Waals surface area contributed by atoms with Crippen molar-refractivity contribution >= 4 is 23.9 Å². The number of nitrogens with zero attached hydrogens (tertiary/aromatic N) is 2. The molecule has 3 aromatic rings. The fourth-order valence-corrected chi connectivity index (χ4v) is 7.11. The number of benzene rings is 2. The van der Waals surface area contributed by atoms with E-state index in [1.54, 1.807) is 4.90 Å². The average Bonchev–Trinajstić information content (AvgIpc) is 3.48. The summed E-state index contributed by atoms with van der Waals surface area (Å²) >= 11 is 0. The first kappa shape index (κ1) is 41.8. The van der Waals surface area contributed by atoms with Gasteiger partial charge in [0.05, 0.1) is 43.5 Å². The van der Waals surface area contributed by atoms with Crippen LogP contribution in [0.2, 0.25) is 0 Å². The summed E-state index contributed by atoms with van der Waals surface area (Å²) in [6.45, 7) is 12.0. The number of hydrogen-bond acceptors (Lipinski definition) is 7. The van der Waals surface area contributed by atoms with Crippen LogP contribution in [0.25, 0.3) is 0 Å². The van der Waals surface area contributed by atoms with Crippen LogP contribution in [0, 0.1) is 24.2 Å². The standard InChI is InChI=1S/C42H58N6O6/c1-8-27(2)36(34-25-43-40(52)48(34)26-31-21-15-16-28(3)44-31)38(50)46-33(23-30-19-13-10-14-20-30)35(49)24-32(22-29-17-11-9-12-18-29)45-39(51)37(42(4,5)6)47-41(53)54-7/h9-21,27,32-37,49H,8,22-26H2,1-7H3,(H,43,52)(H,45,51)(H,46,50)(H,47,53). The topological polar surface area (TPSA) is 162 Å². The Labute approximate surface area is 319 Å². The zero-order valence-corrected chi connectivity index (χ0v) is 32.7. The number of nitrogens with one attached hydrogen (secondary N) is 4. The number of amides is 5. The van der Waals surface area contributed by atoms with Crippen molar-refractivity contribution in [2.45, 2.75) is 104 Å². The normalized spacial score (nSPS) is 17.7. The van der Waals surface area contributed by atoms with E-state index in [1.165, 1.54) is 7.11 Å². The number of aliphatic hydroxyl groups excluding tert-OH is 1. The maximum Gasteiger partial charge on any atom is 0.407 e. The van der Waals surface area contributed by atoms with Crippen molar-refractivity contribution in [3.8, 4) is 0 Å². The van der Waals surface area contributed by atoms with E-state index in [2.05, 4.69) is 26.3 Å². The van der Waals surface area contributed by atoms with E-state index < -0.39 is 53.6 Å². The zero-order valence-electron chi connectivity index (χ0n) is 32.7. The maximum absolute atomic E-state index is 14.6. The van der Waals surface area contributed by atoms with E-state index in [-0.39, 0.29) is 30.8 Å². The van der Waals surface area contributed by atoms with Gasteiger partial charge in [-0.05, 0) is 60.8 Å². The number of methoxy groups -OCH3 is 1. The van der Waals surface area contributed by atoms with Crippen LogP contribution < -0.4 is 21.3 Å². The predicted molar refractivity (Wildman–Crippen MR) is 208 cm³/mol. The Morgan fingerprint density at radius 3 is 2.13 bits per heavy atom. The van der Waals surface area contributed by atoms with Gasteiger partial charge >= 0.3 is 12.1 Å². The van der Waals surface area contributed by atoms with Crippen molar-refractivity contribution in [1.29, 1.82) is 0 Å². The Bertz CT molecular complexity index is 1680. The highest BCUT2D eigenvalue weighted by Gasteiger charge is 2.43. The highest BCUT2D eigenvalue weighted by Crippen LogP contribution is 2.28. The Hall–Kier alpha value is -4.97. The summed E-state index contributed by atoms with van der Waals surface area (Å²) in [6.07, 6.45) is -0.267. The Balaban J connectivity index is 1.63. The molecule has 1 aliphatic heterocycles. The van der Waals surface area contributed by atoms with Gasteiger partial charge in [0.2, 0.25) is 11.8 Å². The molecule has 7 unspecified atom stereocenters. The van der Waals surface area contributed by atoms with Crippen LogP contribution in [0.1, 0.15) is 70.0 Å². The van der Waals surface area contributed by atoms with Crippen LogP contribution in [0.3, 0.4) is 0 Å². The second-order valence-electron chi connectivity index (χ2n) is 15.5. The highest BCUT2D eigenvalue weighted by molar-refractivity contribution is 5.86. The molecule has 0 saturated carbocycles. The van der Waals surface area contributed by atoms with E-state index in [9.17, 15) is 24.3 Å². The van der Waals surface area contributed by atoms with Crippen LogP contribution in [0.15, 0.2) is 78.9 Å². The molecular formula is C42H58N6O6. The quantitative estimate of drug-likeness (QED) is 0.131. The molecule has 54 heavy (non-hydrogen) atoms. The van der Waals surface area contributed by atoms with Gasteiger partial charge in [-0.25, -0.2) is 9.59 Å². The predicted octanol–water partition coefficient (Wildman–Crippen LogP) is 4.92. The summed E-state index contributed by atoms with van der Waals surface area (Å²) in [5.41, 5.74) is 2.80. The molecule has 1 saturated heterocycles. The lowest BCUT2D eigenvalue weighted by Gasteiger charge is -2.36. The summed E-state index contributed by atoms with van der Waals surface area (Å²) in [5.74, 6) is -1.34. The number of aliphatic hydroxyl groups is 1. The zero-order chi connectivity index (χ0) is 39.4. The third-order valence-corrected chi connectivity index (χ3v) is 10.2. The molecule has 1 fully saturated rings. The summed E-state index contributed by atoms with van der Waals surface area (Å²) in [6, 6.07) is 22.0. The van der Waals surface area contributed by atoms with Gasteiger partial charge in [0.15, 0.2) is 0 Å². The van der Waals surface area contributed by atoms with E-state index in [4.69, 9.17) is 4.74 Å². The molecule has 7 atom stereocenters. The maximum atomic E-state index is 14.6. The summed E-state index contributed by atoms with van der Waals surface area (Å²) in [7, 11) is 1.24. The number of hydrogen-bond donors (Lipinski definition) is 5. The van der Waals surface area contributed by atoms with Gasteiger partial charge in [0.1, 0.15) is 6.04 Å². The van der Waals surface area contributed by atoms with Crippen LogP contribution >= 0.6 is 0 Å². The molecule has 2 heterocycles. The lowest BCUT2D eigenvalue weighted by molar-refractivity contribution is -0.130. The highest BCUT2D eigenvalue weighted by atomic mass is 16.5. The fourth-order valence-electron chi connectivity index (χ4n) is 7.11. The van der Waals surface area contributed by atoms with Crippen molar-refractivity contribution in [3.05, 3.63) is 101 Å². The number of carbonyl (C=O) groups is 4. The van der Waals surface area contributed by atoms with Crippen LogP contribution in [0.4, 0.5) is 9.59 Å². The number of urea groups is 1. The number of rotatable bonds is 17. The minimum atomic E-state index is -1.08. The molecule has 0 radical (unpaired) electrons. The molecule has 0 bridgehead atoms. The smallest absolute Gasteiger partial charge is 0.407 e. The molecule has 0 spiro atoms. The first-order chi connectivity index (χ1) is 25.7. The van der Waals surface area contributed by atoms with Crippen molar-refractivity contribution < 1.29 is 29.0 Å². The van der Waals surface area contributed by atoms with Crippen molar-refractivity contribution in [1.82, 2.24) is 31.2 Å². The van der Waals surface area contributed by atoms with Crippen molar-refractivity contribution in [3.63, 3.8) is 0 Å². The molecule has 2 aromatic carbocycles. The minimum Gasteiger partial charge on any atom is -0.453 e. The number of carbonyl (C=O) groups excluding carboxylic acids is 4. The van der Waals surface area contributed by atoms with Crippen LogP contribution in [-0.2, 0) is 33.7 Å². The Kier molecular flexibility index (Phi) is 15.0. The molecule has 292 valence electrons. The van der Waals surface area contributed by atoms with E-state index in [1.807, 2.05) is 120 Å². The largest absolute Gasteiger partial charge is 0.453 e. The molecule has 1 aliphatic rings. The molecule has 4 rings (SSSR count). The summed E-state index contributed by atoms with van der Waals surface area (Å²) in [5, 5.41) is 24.0. The SMILES string of the molecule is CCC(C)C(C(=O)NC(Cc1ccccc1)C(O)CC(Cc1ccccc1)NC(=O)C(NC(=O)OC)C(C)(C)C)C1CNC(=O)N1Cc1cccc(C)n1. The van der Waals surface area contributed by atoms with Gasteiger partial charge in [-0.15, -0.1) is 0 Å². The van der Waals surface area contributed by atoms with E-state index in [0.29, 0.717) is 25.8 Å². The van der Waals surface area contributed by atoms with Crippen molar-refractivity contribution in [2.24, 2.45) is 17.3 Å². The van der Waals surface area contributed by atoms with Gasteiger partial charge in [-0.1, -0.05) is 108 Å². The van der Waals surface area contributed by atoms with E-state index >= 15 is 0 Å². The first-order valence-corrected chi connectivity index (χ1v) is 18.9. The fraction of sp³-hybridized carbons (Fsp3) is 0.500. The molecule has 1 aromatic heterocycles. The monoisotopic (exact) mass is 742 g/mol. The van der Waals surface area contributed by atoms with Crippen LogP contribution in [0.5, 0.6) is 0 Å². The third kappa shape index (κ3) is 11.8. The first-order valence-electron chi connectivity index (χ1n) is 18.9. The van der Waals surface area contributed by atoms with Gasteiger partial charge < -0.3 is 36.0 Å². The minimum absolute atomic E-state index is 0.0908. The van der Waals surface area contributed by atoms with Gasteiger partial charge in [-0.2, -0.15) is 0 Å². The van der Waals surface area contributed by atoms with Gasteiger partial charge in [0.25, 0.3) is 0 Å². The Morgan fingerprint density at radius 1 is 0.926 bits per heavy atom. The number of aryl methyl sites for hydroxylation is 1. The molecule has 5 amide bonds. The lowest BCUT2D eigenvalue weighted by atomic mass is 9.83. The Morgan fingerprint density at radius 2 is 1.56 bits per heavy atom. The number of ether oxygens (including phenoxy) is 1. The molecule has 0 aliphatic carbocycles. The van der Waals surface area contributed by atoms with Crippen LogP contribution in [-0.4, -0.2) is 82.9 Å². The van der Waals surface area contributed by atoms with E-state index in [0.717, 1.165) is 22.5 Å².